The molecule has 0 radical (unpaired) electrons. The number of carbonyl (C=O) groups excluding carboxylic acids is 2. The number of hydrogen-bond acceptors (Lipinski definition) is 8. The number of nitrogens with zero attached hydrogens (tertiary/aromatic N) is 2. The van der Waals surface area contributed by atoms with Gasteiger partial charge in [0, 0.05) is 5.56 Å². The van der Waals surface area contributed by atoms with Crippen LogP contribution in [-0.2, 0) is 9.59 Å². The number of thiazole rings is 1. The van der Waals surface area contributed by atoms with Gasteiger partial charge in [-0.05, 0) is 67.8 Å². The molecule has 9 heteroatoms. The van der Waals surface area contributed by atoms with Crippen molar-refractivity contribution in [2.45, 2.75) is 26.8 Å². The van der Waals surface area contributed by atoms with Gasteiger partial charge in [0.2, 0.25) is 0 Å². The fraction of sp³-hybridized carbons (Fsp3) is 0.233. The van der Waals surface area contributed by atoms with Crippen LogP contribution in [0.15, 0.2) is 60.2 Å². The Kier molecular flexibility index (Phi) is 7.01. The van der Waals surface area contributed by atoms with Crippen molar-refractivity contribution in [1.82, 2.24) is 4.98 Å². The molecule has 1 saturated heterocycles. The minimum Gasteiger partial charge on any atom is -0.507 e. The number of ether oxygens (including phenoxy) is 3. The first kappa shape index (κ1) is 26.2. The van der Waals surface area contributed by atoms with Gasteiger partial charge in [-0.15, -0.1) is 0 Å². The molecule has 1 unspecified atom stereocenters. The lowest BCUT2D eigenvalue weighted by Crippen LogP contribution is -2.29. The highest BCUT2D eigenvalue weighted by Crippen LogP contribution is 2.46. The van der Waals surface area contributed by atoms with Gasteiger partial charge in [0.25, 0.3) is 5.78 Å². The highest BCUT2D eigenvalue weighted by molar-refractivity contribution is 7.22. The van der Waals surface area contributed by atoms with Crippen LogP contribution >= 0.6 is 11.3 Å². The van der Waals surface area contributed by atoms with Crippen LogP contribution in [0.3, 0.4) is 0 Å². The number of fused-ring (bicyclic) bond motifs is 1. The maximum absolute atomic E-state index is 13.6. The monoisotopic (exact) mass is 544 g/mol. The third-order valence-corrected chi connectivity index (χ3v) is 7.61. The molecule has 1 atom stereocenters. The molecule has 2 heterocycles. The third-order valence-electron chi connectivity index (χ3n) is 6.61. The molecule has 0 saturated carbocycles. The number of benzene rings is 3. The van der Waals surface area contributed by atoms with E-state index in [-0.39, 0.29) is 11.3 Å². The smallest absolute Gasteiger partial charge is 0.301 e. The number of aromatic nitrogens is 1. The number of Topliss-reactive ketones (excluding diaryl/α,β-unsaturated/α-hetero) is 1. The van der Waals surface area contributed by atoms with Crippen LogP contribution in [-0.4, -0.2) is 42.6 Å². The SMILES string of the molecule is CCOc1cccc(C(O)=C2C(=O)C(=O)N(c3nc4c(C)cc(C)cc4s3)C2c2ccc(OC)c(OC)c2)c1. The Hall–Kier alpha value is -4.37. The van der Waals surface area contributed by atoms with E-state index in [2.05, 4.69) is 0 Å². The number of methoxy groups -OCH3 is 2. The van der Waals surface area contributed by atoms with Crippen molar-refractivity contribution in [3.8, 4) is 17.2 Å². The Morgan fingerprint density at radius 3 is 2.51 bits per heavy atom. The molecular formula is C30H28N2O6S. The van der Waals surface area contributed by atoms with Crippen LogP contribution < -0.4 is 19.1 Å². The average Bonchev–Trinajstić information content (AvgIpc) is 3.46. The molecule has 200 valence electrons. The summed E-state index contributed by atoms with van der Waals surface area (Å²) in [4.78, 5) is 33.4. The van der Waals surface area contributed by atoms with E-state index in [0.717, 1.165) is 21.3 Å². The summed E-state index contributed by atoms with van der Waals surface area (Å²) in [5.74, 6) is -0.420. The molecule has 1 fully saturated rings. The van der Waals surface area contributed by atoms with Gasteiger partial charge in [-0.1, -0.05) is 35.6 Å². The van der Waals surface area contributed by atoms with Crippen molar-refractivity contribution in [1.29, 1.82) is 0 Å². The zero-order chi connectivity index (χ0) is 27.8. The van der Waals surface area contributed by atoms with Crippen LogP contribution in [0.1, 0.15) is 35.2 Å². The Bertz CT molecular complexity index is 1640. The van der Waals surface area contributed by atoms with Crippen LogP contribution in [0.2, 0.25) is 0 Å². The van der Waals surface area contributed by atoms with Crippen LogP contribution in [0.25, 0.3) is 16.0 Å². The lowest BCUT2D eigenvalue weighted by molar-refractivity contribution is -0.132. The highest BCUT2D eigenvalue weighted by Gasteiger charge is 2.48. The van der Waals surface area contributed by atoms with Crippen molar-refractivity contribution in [2.24, 2.45) is 0 Å². The molecule has 8 nitrogen and oxygen atoms in total. The van der Waals surface area contributed by atoms with Crippen LogP contribution in [0.4, 0.5) is 5.13 Å². The largest absolute Gasteiger partial charge is 0.507 e. The van der Waals surface area contributed by atoms with Gasteiger partial charge in [-0.3, -0.25) is 14.5 Å². The van der Waals surface area contributed by atoms with E-state index in [1.54, 1.807) is 42.5 Å². The minimum atomic E-state index is -0.956. The number of carbonyl (C=O) groups is 2. The first-order chi connectivity index (χ1) is 18.8. The Morgan fingerprint density at radius 2 is 1.79 bits per heavy atom. The lowest BCUT2D eigenvalue weighted by Gasteiger charge is -2.23. The average molecular weight is 545 g/mol. The number of anilines is 1. The van der Waals surface area contributed by atoms with E-state index in [1.807, 2.05) is 32.9 Å². The van der Waals surface area contributed by atoms with Crippen molar-refractivity contribution in [3.63, 3.8) is 0 Å². The molecule has 1 aliphatic heterocycles. The van der Waals surface area contributed by atoms with Crippen LogP contribution in [0, 0.1) is 13.8 Å². The van der Waals surface area contributed by atoms with E-state index in [4.69, 9.17) is 19.2 Å². The normalized spacial score (nSPS) is 16.6. The van der Waals surface area contributed by atoms with Gasteiger partial charge < -0.3 is 19.3 Å². The molecule has 1 amide bonds. The molecule has 3 aromatic carbocycles. The minimum absolute atomic E-state index is 0.0481. The summed E-state index contributed by atoms with van der Waals surface area (Å²) in [6.45, 7) is 6.26. The second kappa shape index (κ2) is 10.4. The quantitative estimate of drug-likeness (QED) is 0.174. The first-order valence-corrected chi connectivity index (χ1v) is 13.2. The molecule has 4 aromatic rings. The Morgan fingerprint density at radius 1 is 1.03 bits per heavy atom. The summed E-state index contributed by atoms with van der Waals surface area (Å²) in [6.07, 6.45) is 0. The van der Waals surface area contributed by atoms with E-state index in [9.17, 15) is 14.7 Å². The number of amides is 1. The molecule has 1 aliphatic rings. The van der Waals surface area contributed by atoms with E-state index >= 15 is 0 Å². The summed E-state index contributed by atoms with van der Waals surface area (Å²) >= 11 is 1.32. The van der Waals surface area contributed by atoms with Gasteiger partial charge in [0.1, 0.15) is 11.5 Å². The summed E-state index contributed by atoms with van der Waals surface area (Å²) in [5.41, 5.74) is 3.68. The van der Waals surface area contributed by atoms with Crippen molar-refractivity contribution >= 4 is 44.1 Å². The van der Waals surface area contributed by atoms with Crippen molar-refractivity contribution < 1.29 is 28.9 Å². The fourth-order valence-corrected chi connectivity index (χ4v) is 6.05. The van der Waals surface area contributed by atoms with Gasteiger partial charge in [0.05, 0.1) is 42.7 Å². The number of hydrogen-bond donors (Lipinski definition) is 1. The van der Waals surface area contributed by atoms with Gasteiger partial charge in [-0.2, -0.15) is 0 Å². The highest BCUT2D eigenvalue weighted by atomic mass is 32.1. The number of rotatable bonds is 7. The van der Waals surface area contributed by atoms with Crippen molar-refractivity contribution in [2.75, 3.05) is 25.7 Å². The topological polar surface area (TPSA) is 98.2 Å². The molecule has 39 heavy (non-hydrogen) atoms. The molecule has 5 rings (SSSR count). The number of ketones is 1. The van der Waals surface area contributed by atoms with E-state index in [1.165, 1.54) is 30.5 Å². The first-order valence-electron chi connectivity index (χ1n) is 12.4. The summed E-state index contributed by atoms with van der Waals surface area (Å²) < 4.78 is 17.4. The molecule has 0 aliphatic carbocycles. The zero-order valence-corrected chi connectivity index (χ0v) is 23.1. The maximum atomic E-state index is 13.6. The zero-order valence-electron chi connectivity index (χ0n) is 22.3. The predicted octanol–water partition coefficient (Wildman–Crippen LogP) is 5.96. The standard InChI is InChI=1S/C30H28N2O6S/c1-6-38-20-9-7-8-19(14-20)27(33)24-26(18-10-11-21(36-4)22(15-18)37-5)32(29(35)28(24)34)30-31-25-17(3)12-16(2)13-23(25)39-30/h7-15,26,33H,6H2,1-5H3. The predicted molar refractivity (Wildman–Crippen MR) is 151 cm³/mol. The fourth-order valence-electron chi connectivity index (χ4n) is 4.89. The molecule has 1 N–H and O–H groups in total. The third kappa shape index (κ3) is 4.59. The summed E-state index contributed by atoms with van der Waals surface area (Å²) in [5, 5.41) is 11.9. The number of aliphatic hydroxyl groups is 1. The summed E-state index contributed by atoms with van der Waals surface area (Å²) in [7, 11) is 3.04. The second-order valence-electron chi connectivity index (χ2n) is 9.17. The molecule has 0 spiro atoms. The van der Waals surface area contributed by atoms with Crippen LogP contribution in [0.5, 0.6) is 17.2 Å². The number of aliphatic hydroxyl groups excluding tert-OH is 1. The lowest BCUT2D eigenvalue weighted by atomic mass is 9.95. The summed E-state index contributed by atoms with van der Waals surface area (Å²) in [6, 6.07) is 15.0. The van der Waals surface area contributed by atoms with E-state index < -0.39 is 17.7 Å². The Labute approximate surface area is 230 Å². The van der Waals surface area contributed by atoms with Crippen molar-refractivity contribution in [3.05, 3.63) is 82.4 Å². The van der Waals surface area contributed by atoms with Gasteiger partial charge in [0.15, 0.2) is 16.6 Å². The molecule has 1 aromatic heterocycles. The van der Waals surface area contributed by atoms with Gasteiger partial charge >= 0.3 is 5.91 Å². The van der Waals surface area contributed by atoms with Gasteiger partial charge in [-0.25, -0.2) is 4.98 Å². The second-order valence-corrected chi connectivity index (χ2v) is 10.2. The van der Waals surface area contributed by atoms with E-state index in [0.29, 0.717) is 40.1 Å². The maximum Gasteiger partial charge on any atom is 0.301 e. The molecular weight excluding hydrogens is 516 g/mol. The number of aryl methyl sites for hydroxylation is 2. The molecule has 0 bridgehead atoms. The Balaban J connectivity index is 1.75.